The van der Waals surface area contributed by atoms with Crippen molar-refractivity contribution < 1.29 is 9.53 Å². The number of amides is 1. The molecule has 100 valence electrons. The van der Waals surface area contributed by atoms with E-state index in [4.69, 9.17) is 4.74 Å². The Morgan fingerprint density at radius 3 is 2.35 bits per heavy atom. The minimum absolute atomic E-state index is 0.0778. The predicted octanol–water partition coefficient (Wildman–Crippen LogP) is 1.31. The van der Waals surface area contributed by atoms with Crippen LogP contribution >= 0.6 is 0 Å². The maximum atomic E-state index is 11.6. The predicted molar refractivity (Wildman–Crippen MR) is 68.9 cm³/mol. The van der Waals surface area contributed by atoms with Crippen LogP contribution in [0.15, 0.2) is 0 Å². The fourth-order valence-corrected chi connectivity index (χ4v) is 2.03. The Hall–Kier alpha value is -0.610. The quantitative estimate of drug-likeness (QED) is 0.781. The highest BCUT2D eigenvalue weighted by Gasteiger charge is 2.35. The summed E-state index contributed by atoms with van der Waals surface area (Å²) in [5.41, 5.74) is 0.152. The molecule has 4 nitrogen and oxygen atoms in total. The SMILES string of the molecule is CNC(=O)CC1(NCC(C)(C)C)CCOCC1. The number of carbonyl (C=O) groups excluding carboxylic acids is 1. The summed E-state index contributed by atoms with van der Waals surface area (Å²) in [5, 5.41) is 6.31. The first-order valence-electron chi connectivity index (χ1n) is 6.40. The first-order valence-corrected chi connectivity index (χ1v) is 6.40. The third kappa shape index (κ3) is 5.04. The molecule has 4 heteroatoms. The Morgan fingerprint density at radius 1 is 1.29 bits per heavy atom. The second kappa shape index (κ2) is 5.83. The van der Waals surface area contributed by atoms with Gasteiger partial charge in [0.15, 0.2) is 0 Å². The molecular weight excluding hydrogens is 216 g/mol. The average molecular weight is 242 g/mol. The van der Waals surface area contributed by atoms with Crippen LogP contribution in [0.4, 0.5) is 0 Å². The van der Waals surface area contributed by atoms with Crippen LogP contribution in [-0.4, -0.2) is 38.3 Å². The van der Waals surface area contributed by atoms with Gasteiger partial charge in [0.25, 0.3) is 0 Å². The summed E-state index contributed by atoms with van der Waals surface area (Å²) in [4.78, 5) is 11.6. The van der Waals surface area contributed by atoms with E-state index in [0.717, 1.165) is 32.6 Å². The molecule has 1 aliphatic heterocycles. The number of ether oxygens (including phenoxy) is 1. The van der Waals surface area contributed by atoms with Gasteiger partial charge in [-0.25, -0.2) is 0 Å². The molecule has 0 aliphatic carbocycles. The lowest BCUT2D eigenvalue weighted by Crippen LogP contribution is -2.54. The maximum Gasteiger partial charge on any atom is 0.221 e. The summed E-state index contributed by atoms with van der Waals surface area (Å²) >= 11 is 0. The first-order chi connectivity index (χ1) is 7.87. The van der Waals surface area contributed by atoms with Gasteiger partial charge in [0, 0.05) is 38.8 Å². The van der Waals surface area contributed by atoms with Gasteiger partial charge >= 0.3 is 0 Å². The van der Waals surface area contributed by atoms with Crippen molar-refractivity contribution in [1.82, 2.24) is 10.6 Å². The molecule has 0 aromatic rings. The second-order valence-electron chi connectivity index (χ2n) is 6.16. The van der Waals surface area contributed by atoms with E-state index in [9.17, 15) is 4.79 Å². The fourth-order valence-electron chi connectivity index (χ4n) is 2.03. The van der Waals surface area contributed by atoms with Crippen LogP contribution in [0.2, 0.25) is 0 Å². The molecule has 0 saturated carbocycles. The van der Waals surface area contributed by atoms with Gasteiger partial charge in [0.2, 0.25) is 5.91 Å². The van der Waals surface area contributed by atoms with Crippen LogP contribution in [-0.2, 0) is 9.53 Å². The third-order valence-electron chi connectivity index (χ3n) is 3.22. The van der Waals surface area contributed by atoms with E-state index in [-0.39, 0.29) is 16.9 Å². The normalized spacial score (nSPS) is 20.0. The molecule has 0 atom stereocenters. The van der Waals surface area contributed by atoms with E-state index in [1.807, 2.05) is 0 Å². The number of hydrogen-bond acceptors (Lipinski definition) is 3. The molecule has 1 heterocycles. The van der Waals surface area contributed by atoms with E-state index in [2.05, 4.69) is 31.4 Å². The van der Waals surface area contributed by atoms with Gasteiger partial charge in [-0.05, 0) is 18.3 Å². The lowest BCUT2D eigenvalue weighted by Gasteiger charge is -2.39. The summed E-state index contributed by atoms with van der Waals surface area (Å²) in [6, 6.07) is 0. The zero-order valence-electron chi connectivity index (χ0n) is 11.6. The largest absolute Gasteiger partial charge is 0.381 e. The van der Waals surface area contributed by atoms with Gasteiger partial charge in [-0.2, -0.15) is 0 Å². The van der Waals surface area contributed by atoms with E-state index in [0.29, 0.717) is 6.42 Å². The highest BCUT2D eigenvalue weighted by atomic mass is 16.5. The fraction of sp³-hybridized carbons (Fsp3) is 0.923. The summed E-state index contributed by atoms with van der Waals surface area (Å²) < 4.78 is 5.40. The van der Waals surface area contributed by atoms with Gasteiger partial charge in [-0.15, -0.1) is 0 Å². The second-order valence-corrected chi connectivity index (χ2v) is 6.16. The standard InChI is InChI=1S/C13H26N2O2/c1-12(2,3)10-15-13(9-11(16)14-4)5-7-17-8-6-13/h15H,5-10H2,1-4H3,(H,14,16). The number of carbonyl (C=O) groups is 1. The zero-order valence-corrected chi connectivity index (χ0v) is 11.6. The van der Waals surface area contributed by atoms with E-state index in [1.54, 1.807) is 7.05 Å². The van der Waals surface area contributed by atoms with Crippen LogP contribution in [0.1, 0.15) is 40.0 Å². The van der Waals surface area contributed by atoms with Gasteiger partial charge < -0.3 is 15.4 Å². The van der Waals surface area contributed by atoms with Crippen molar-refractivity contribution in [3.63, 3.8) is 0 Å². The van der Waals surface area contributed by atoms with Crippen molar-refractivity contribution in [2.45, 2.75) is 45.6 Å². The Kier molecular flexibility index (Phi) is 4.95. The maximum absolute atomic E-state index is 11.6. The number of nitrogens with one attached hydrogen (secondary N) is 2. The Bertz CT molecular complexity index is 253. The van der Waals surface area contributed by atoms with Crippen molar-refractivity contribution in [3.8, 4) is 0 Å². The molecule has 1 fully saturated rings. The van der Waals surface area contributed by atoms with E-state index in [1.165, 1.54) is 0 Å². The molecule has 2 N–H and O–H groups in total. The molecule has 1 aliphatic rings. The van der Waals surface area contributed by atoms with Gasteiger partial charge in [0.05, 0.1) is 0 Å². The molecule has 17 heavy (non-hydrogen) atoms. The highest BCUT2D eigenvalue weighted by molar-refractivity contribution is 5.76. The topological polar surface area (TPSA) is 50.4 Å². The van der Waals surface area contributed by atoms with Crippen LogP contribution in [0.3, 0.4) is 0 Å². The average Bonchev–Trinajstić information content (AvgIpc) is 2.27. The van der Waals surface area contributed by atoms with Crippen LogP contribution in [0.5, 0.6) is 0 Å². The first kappa shape index (κ1) is 14.5. The summed E-state index contributed by atoms with van der Waals surface area (Å²) in [5.74, 6) is 0.105. The van der Waals surface area contributed by atoms with Crippen LogP contribution in [0.25, 0.3) is 0 Å². The van der Waals surface area contributed by atoms with E-state index >= 15 is 0 Å². The number of rotatable bonds is 4. The van der Waals surface area contributed by atoms with Gasteiger partial charge in [0.1, 0.15) is 0 Å². The lowest BCUT2D eigenvalue weighted by atomic mass is 9.84. The van der Waals surface area contributed by atoms with Crippen molar-refractivity contribution in [2.75, 3.05) is 26.8 Å². The number of hydrogen-bond donors (Lipinski definition) is 2. The summed E-state index contributed by atoms with van der Waals surface area (Å²) in [6.45, 7) is 9.01. The summed E-state index contributed by atoms with van der Waals surface area (Å²) in [6.07, 6.45) is 2.37. The van der Waals surface area contributed by atoms with Crippen LogP contribution < -0.4 is 10.6 Å². The third-order valence-corrected chi connectivity index (χ3v) is 3.22. The molecule has 0 unspecified atom stereocenters. The minimum atomic E-state index is -0.0778. The van der Waals surface area contributed by atoms with E-state index < -0.39 is 0 Å². The van der Waals surface area contributed by atoms with Gasteiger partial charge in [-0.1, -0.05) is 20.8 Å². The molecule has 1 amide bonds. The van der Waals surface area contributed by atoms with Crippen molar-refractivity contribution >= 4 is 5.91 Å². The molecular formula is C13H26N2O2. The minimum Gasteiger partial charge on any atom is -0.381 e. The molecule has 0 radical (unpaired) electrons. The highest BCUT2D eigenvalue weighted by Crippen LogP contribution is 2.26. The zero-order chi connectivity index (χ0) is 12.9. The smallest absolute Gasteiger partial charge is 0.221 e. The molecule has 0 bridgehead atoms. The van der Waals surface area contributed by atoms with Crippen molar-refractivity contribution in [1.29, 1.82) is 0 Å². The van der Waals surface area contributed by atoms with Crippen LogP contribution in [0, 0.1) is 5.41 Å². The molecule has 0 spiro atoms. The Morgan fingerprint density at radius 2 is 1.88 bits per heavy atom. The Labute approximate surface area is 104 Å². The Balaban J connectivity index is 2.61. The molecule has 0 aromatic heterocycles. The lowest BCUT2D eigenvalue weighted by molar-refractivity contribution is -0.123. The molecule has 1 rings (SSSR count). The summed E-state index contributed by atoms with van der Waals surface area (Å²) in [7, 11) is 1.69. The molecule has 0 aromatic carbocycles. The van der Waals surface area contributed by atoms with Crippen molar-refractivity contribution in [3.05, 3.63) is 0 Å². The van der Waals surface area contributed by atoms with Crippen molar-refractivity contribution in [2.24, 2.45) is 5.41 Å². The monoisotopic (exact) mass is 242 g/mol. The molecule has 1 saturated heterocycles. The van der Waals surface area contributed by atoms with Gasteiger partial charge in [-0.3, -0.25) is 4.79 Å².